The van der Waals surface area contributed by atoms with Crippen LogP contribution in [-0.2, 0) is 20.9 Å². The Morgan fingerprint density at radius 2 is 1.57 bits per heavy atom. The van der Waals surface area contributed by atoms with Gasteiger partial charge in [-0.1, -0.05) is 60.7 Å². The van der Waals surface area contributed by atoms with Gasteiger partial charge in [0.05, 0.1) is 11.7 Å². The Labute approximate surface area is 178 Å². The van der Waals surface area contributed by atoms with Gasteiger partial charge in [-0.2, -0.15) is 0 Å². The number of carbonyl (C=O) groups is 2. The molecule has 2 amide bonds. The molecule has 1 aliphatic rings. The molecular weight excluding hydrogens is 376 g/mol. The molecule has 5 nitrogen and oxygen atoms in total. The van der Waals surface area contributed by atoms with Crippen LogP contribution in [0.15, 0.2) is 66.4 Å². The molecule has 0 fully saturated rings. The molecule has 0 aromatic heterocycles. The maximum atomic E-state index is 13.4. The lowest BCUT2D eigenvalue weighted by molar-refractivity contribution is -0.137. The summed E-state index contributed by atoms with van der Waals surface area (Å²) in [5, 5.41) is 0. The van der Waals surface area contributed by atoms with Gasteiger partial charge in [0.2, 0.25) is 0 Å². The lowest BCUT2D eigenvalue weighted by Crippen LogP contribution is -2.36. The Bertz CT molecular complexity index is 891. The van der Waals surface area contributed by atoms with E-state index in [0.29, 0.717) is 43.9 Å². The zero-order valence-electron chi connectivity index (χ0n) is 18.0. The molecule has 2 aromatic carbocycles. The molecule has 0 spiro atoms. The molecular formula is C25H30N2O3. The van der Waals surface area contributed by atoms with Gasteiger partial charge in [0.15, 0.2) is 0 Å². The van der Waals surface area contributed by atoms with Crippen LogP contribution in [0.4, 0.5) is 0 Å². The molecule has 2 aromatic rings. The van der Waals surface area contributed by atoms with Crippen LogP contribution >= 0.6 is 0 Å². The van der Waals surface area contributed by atoms with Crippen molar-refractivity contribution in [2.75, 3.05) is 19.7 Å². The van der Waals surface area contributed by atoms with Gasteiger partial charge in [0.25, 0.3) is 11.8 Å². The van der Waals surface area contributed by atoms with Gasteiger partial charge < -0.3 is 9.64 Å². The van der Waals surface area contributed by atoms with E-state index >= 15 is 0 Å². The highest BCUT2D eigenvalue weighted by molar-refractivity contribution is 6.35. The maximum absolute atomic E-state index is 13.4. The number of hydrogen-bond donors (Lipinski definition) is 0. The van der Waals surface area contributed by atoms with Crippen molar-refractivity contribution >= 4 is 17.4 Å². The first-order chi connectivity index (χ1) is 14.5. The second-order valence-electron chi connectivity index (χ2n) is 7.62. The van der Waals surface area contributed by atoms with Gasteiger partial charge in [-0.25, -0.2) is 0 Å². The monoisotopic (exact) mass is 406 g/mol. The average Bonchev–Trinajstić information content (AvgIpc) is 3.00. The van der Waals surface area contributed by atoms with E-state index < -0.39 is 0 Å². The average molecular weight is 407 g/mol. The molecule has 0 radical (unpaired) electrons. The first-order valence-corrected chi connectivity index (χ1v) is 10.6. The Morgan fingerprint density at radius 3 is 2.17 bits per heavy atom. The molecule has 158 valence electrons. The van der Waals surface area contributed by atoms with Crippen LogP contribution in [-0.4, -0.2) is 47.4 Å². The minimum absolute atomic E-state index is 0.130. The summed E-state index contributed by atoms with van der Waals surface area (Å²) in [5.41, 5.74) is 2.85. The zero-order chi connectivity index (χ0) is 21.5. The molecule has 1 heterocycles. The summed E-state index contributed by atoms with van der Waals surface area (Å²) in [6, 6.07) is 19.5. The predicted molar refractivity (Wildman–Crippen MR) is 118 cm³/mol. The van der Waals surface area contributed by atoms with Crippen molar-refractivity contribution in [1.82, 2.24) is 9.80 Å². The number of nitrogens with zero attached hydrogens (tertiary/aromatic N) is 2. The molecule has 0 bridgehead atoms. The van der Waals surface area contributed by atoms with Gasteiger partial charge in [0.1, 0.15) is 5.70 Å². The maximum Gasteiger partial charge on any atom is 0.277 e. The third kappa shape index (κ3) is 4.97. The third-order valence-electron chi connectivity index (χ3n) is 5.10. The smallest absolute Gasteiger partial charge is 0.277 e. The van der Waals surface area contributed by atoms with E-state index in [2.05, 4.69) is 0 Å². The number of imide groups is 1. The van der Waals surface area contributed by atoms with Gasteiger partial charge in [0, 0.05) is 26.2 Å². The van der Waals surface area contributed by atoms with E-state index in [1.165, 1.54) is 4.90 Å². The standard InChI is InChI=1S/C25H30N2O3/c1-4-26(18-20-12-7-5-8-13-20)23-22(21-14-9-6-10-15-21)24(28)27(25(23)29)16-11-17-30-19(2)3/h5-10,12-15,19H,4,11,16-18H2,1-3H3. The minimum Gasteiger partial charge on any atom is -0.379 e. The molecule has 0 unspecified atom stereocenters. The highest BCUT2D eigenvalue weighted by Gasteiger charge is 2.40. The summed E-state index contributed by atoms with van der Waals surface area (Å²) in [6.45, 7) is 8.04. The topological polar surface area (TPSA) is 49.9 Å². The van der Waals surface area contributed by atoms with Crippen molar-refractivity contribution in [3.05, 3.63) is 77.5 Å². The van der Waals surface area contributed by atoms with E-state index in [4.69, 9.17) is 4.74 Å². The van der Waals surface area contributed by atoms with Crippen LogP contribution in [0, 0.1) is 0 Å². The van der Waals surface area contributed by atoms with Crippen molar-refractivity contribution in [2.24, 2.45) is 0 Å². The normalized spacial score (nSPS) is 14.2. The molecule has 0 N–H and O–H groups in total. The number of rotatable bonds is 10. The quantitative estimate of drug-likeness (QED) is 0.440. The molecule has 5 heteroatoms. The number of amides is 2. The summed E-state index contributed by atoms with van der Waals surface area (Å²) < 4.78 is 5.58. The Morgan fingerprint density at radius 1 is 0.933 bits per heavy atom. The molecule has 0 atom stereocenters. The van der Waals surface area contributed by atoms with Crippen molar-refractivity contribution in [3.8, 4) is 0 Å². The molecule has 0 saturated heterocycles. The number of likely N-dealkylation sites (N-methyl/N-ethyl adjacent to an activating group) is 1. The summed E-state index contributed by atoms with van der Waals surface area (Å²) in [4.78, 5) is 30.1. The number of hydrogen-bond acceptors (Lipinski definition) is 4. The molecule has 1 aliphatic heterocycles. The molecule has 0 aliphatic carbocycles. The number of carbonyl (C=O) groups excluding carboxylic acids is 2. The fourth-order valence-corrected chi connectivity index (χ4v) is 3.62. The lowest BCUT2D eigenvalue weighted by atomic mass is 10.0. The Balaban J connectivity index is 1.91. The summed E-state index contributed by atoms with van der Waals surface area (Å²) in [5.74, 6) is -0.446. The first-order valence-electron chi connectivity index (χ1n) is 10.6. The number of benzene rings is 2. The van der Waals surface area contributed by atoms with Crippen LogP contribution in [0.3, 0.4) is 0 Å². The lowest BCUT2D eigenvalue weighted by Gasteiger charge is -2.25. The highest BCUT2D eigenvalue weighted by atomic mass is 16.5. The van der Waals surface area contributed by atoms with Crippen LogP contribution in [0.5, 0.6) is 0 Å². The second-order valence-corrected chi connectivity index (χ2v) is 7.62. The van der Waals surface area contributed by atoms with E-state index in [1.807, 2.05) is 86.3 Å². The summed E-state index contributed by atoms with van der Waals surface area (Å²) in [6.07, 6.45) is 0.750. The fraction of sp³-hybridized carbons (Fsp3) is 0.360. The van der Waals surface area contributed by atoms with Crippen molar-refractivity contribution < 1.29 is 14.3 Å². The van der Waals surface area contributed by atoms with E-state index in [9.17, 15) is 9.59 Å². The Kier molecular flexibility index (Phi) is 7.41. The van der Waals surface area contributed by atoms with Crippen LogP contribution in [0.2, 0.25) is 0 Å². The SMILES string of the molecule is CCN(Cc1ccccc1)C1=C(c2ccccc2)C(=O)N(CCCOC(C)C)C1=O. The second kappa shape index (κ2) is 10.2. The van der Waals surface area contributed by atoms with Crippen molar-refractivity contribution in [2.45, 2.75) is 39.8 Å². The molecule has 3 rings (SSSR count). The van der Waals surface area contributed by atoms with Gasteiger partial charge in [-0.05, 0) is 38.3 Å². The highest BCUT2D eigenvalue weighted by Crippen LogP contribution is 2.32. The minimum atomic E-state index is -0.225. The van der Waals surface area contributed by atoms with Gasteiger partial charge in [-0.3, -0.25) is 14.5 Å². The largest absolute Gasteiger partial charge is 0.379 e. The predicted octanol–water partition coefficient (Wildman–Crippen LogP) is 4.10. The van der Waals surface area contributed by atoms with E-state index in [-0.39, 0.29) is 17.9 Å². The van der Waals surface area contributed by atoms with Crippen LogP contribution in [0.1, 0.15) is 38.3 Å². The summed E-state index contributed by atoms with van der Waals surface area (Å²) in [7, 11) is 0. The first kappa shape index (κ1) is 21.8. The van der Waals surface area contributed by atoms with Gasteiger partial charge in [-0.15, -0.1) is 0 Å². The van der Waals surface area contributed by atoms with E-state index in [0.717, 1.165) is 11.1 Å². The molecule has 30 heavy (non-hydrogen) atoms. The third-order valence-corrected chi connectivity index (χ3v) is 5.10. The fourth-order valence-electron chi connectivity index (χ4n) is 3.62. The van der Waals surface area contributed by atoms with Crippen LogP contribution < -0.4 is 0 Å². The van der Waals surface area contributed by atoms with Crippen molar-refractivity contribution in [3.63, 3.8) is 0 Å². The molecule has 0 saturated carbocycles. The Hall–Kier alpha value is -2.92. The van der Waals surface area contributed by atoms with Crippen LogP contribution in [0.25, 0.3) is 5.57 Å². The van der Waals surface area contributed by atoms with Gasteiger partial charge >= 0.3 is 0 Å². The number of ether oxygens (including phenoxy) is 1. The zero-order valence-corrected chi connectivity index (χ0v) is 18.0. The van der Waals surface area contributed by atoms with Crippen molar-refractivity contribution in [1.29, 1.82) is 0 Å². The van der Waals surface area contributed by atoms with E-state index in [1.54, 1.807) is 0 Å². The summed E-state index contributed by atoms with van der Waals surface area (Å²) >= 11 is 0.